The molecule has 1 rings (SSSR count). The minimum absolute atomic E-state index is 0.0384. The molecule has 5 nitrogen and oxygen atoms in total. The predicted octanol–water partition coefficient (Wildman–Crippen LogP) is 2.51. The molecule has 0 atom stereocenters. The highest BCUT2D eigenvalue weighted by Gasteiger charge is 2.39. The number of benzene rings is 1. The monoisotopic (exact) mass is 367 g/mol. The number of aliphatic carboxylic acids is 1. The van der Waals surface area contributed by atoms with Gasteiger partial charge in [0.05, 0.1) is 4.90 Å². The highest BCUT2D eigenvalue weighted by Crippen LogP contribution is 2.26. The summed E-state index contributed by atoms with van der Waals surface area (Å²) in [6.45, 7) is 3.17. The van der Waals surface area contributed by atoms with Crippen LogP contribution in [-0.4, -0.2) is 25.0 Å². The average Bonchev–Trinajstić information content (AvgIpc) is 2.35. The zero-order valence-corrected chi connectivity index (χ0v) is 13.4. The van der Waals surface area contributed by atoms with Gasteiger partial charge in [0, 0.05) is 4.47 Å². The van der Waals surface area contributed by atoms with Crippen LogP contribution in [0.4, 0.5) is 4.39 Å². The van der Waals surface area contributed by atoms with Crippen molar-refractivity contribution in [1.82, 2.24) is 4.72 Å². The van der Waals surface area contributed by atoms with Crippen LogP contribution < -0.4 is 4.72 Å². The van der Waals surface area contributed by atoms with Crippen molar-refractivity contribution in [3.63, 3.8) is 0 Å². The number of carboxylic acid groups (broad SMARTS) is 1. The van der Waals surface area contributed by atoms with Gasteiger partial charge >= 0.3 is 5.97 Å². The maximum absolute atomic E-state index is 13.0. The lowest BCUT2D eigenvalue weighted by molar-refractivity contribution is -0.144. The van der Waals surface area contributed by atoms with E-state index < -0.39 is 27.3 Å². The third kappa shape index (κ3) is 3.36. The van der Waals surface area contributed by atoms with Gasteiger partial charge in [0.15, 0.2) is 0 Å². The van der Waals surface area contributed by atoms with E-state index in [9.17, 15) is 22.7 Å². The second-order valence-electron chi connectivity index (χ2n) is 4.27. The molecule has 0 unspecified atom stereocenters. The van der Waals surface area contributed by atoms with Gasteiger partial charge in [-0.3, -0.25) is 4.79 Å². The van der Waals surface area contributed by atoms with Crippen LogP contribution in [0.15, 0.2) is 27.6 Å². The van der Waals surface area contributed by atoms with Crippen LogP contribution in [0.25, 0.3) is 0 Å². The molecule has 0 aliphatic carbocycles. The Kier molecular flexibility index (Phi) is 5.28. The molecule has 0 heterocycles. The predicted molar refractivity (Wildman–Crippen MR) is 75.4 cm³/mol. The Morgan fingerprint density at radius 2 is 1.95 bits per heavy atom. The van der Waals surface area contributed by atoms with Crippen molar-refractivity contribution in [2.24, 2.45) is 0 Å². The number of hydrogen-bond donors (Lipinski definition) is 2. The van der Waals surface area contributed by atoms with Gasteiger partial charge in [-0.05, 0) is 47.0 Å². The van der Waals surface area contributed by atoms with Crippen molar-refractivity contribution in [3.8, 4) is 0 Å². The number of carbonyl (C=O) groups is 1. The van der Waals surface area contributed by atoms with Gasteiger partial charge < -0.3 is 5.11 Å². The maximum Gasteiger partial charge on any atom is 0.324 e. The molecule has 0 aliphatic heterocycles. The summed E-state index contributed by atoms with van der Waals surface area (Å²) in [6, 6.07) is 3.09. The summed E-state index contributed by atoms with van der Waals surface area (Å²) < 4.78 is 39.8. The first-order valence-corrected chi connectivity index (χ1v) is 8.18. The lowest BCUT2D eigenvalue weighted by Crippen LogP contribution is -2.53. The summed E-state index contributed by atoms with van der Waals surface area (Å²) in [5.41, 5.74) is -1.58. The highest BCUT2D eigenvalue weighted by atomic mass is 79.9. The molecule has 0 saturated heterocycles. The standard InChI is InChI=1S/C12H15BrFNO4S/c1-3-12(4-2,11(16)17)15-20(18,19)10-6-5-8(14)7-9(10)13/h5-7,15H,3-4H2,1-2H3,(H,16,17). The number of rotatable bonds is 6. The van der Waals surface area contributed by atoms with Gasteiger partial charge in [0.25, 0.3) is 0 Å². The van der Waals surface area contributed by atoms with Crippen LogP contribution in [-0.2, 0) is 14.8 Å². The Labute approximate surface area is 125 Å². The number of nitrogens with one attached hydrogen (secondary N) is 1. The highest BCUT2D eigenvalue weighted by molar-refractivity contribution is 9.10. The van der Waals surface area contributed by atoms with Gasteiger partial charge in [0.1, 0.15) is 11.4 Å². The Morgan fingerprint density at radius 3 is 2.35 bits per heavy atom. The lowest BCUT2D eigenvalue weighted by atomic mass is 9.95. The van der Waals surface area contributed by atoms with Gasteiger partial charge in [-0.15, -0.1) is 0 Å². The quantitative estimate of drug-likeness (QED) is 0.808. The van der Waals surface area contributed by atoms with E-state index in [-0.39, 0.29) is 22.2 Å². The molecule has 2 N–H and O–H groups in total. The minimum Gasteiger partial charge on any atom is -0.480 e. The zero-order valence-electron chi connectivity index (χ0n) is 11.0. The van der Waals surface area contributed by atoms with Crippen LogP contribution >= 0.6 is 15.9 Å². The fraction of sp³-hybridized carbons (Fsp3) is 0.417. The van der Waals surface area contributed by atoms with Crippen LogP contribution in [0.3, 0.4) is 0 Å². The van der Waals surface area contributed by atoms with Gasteiger partial charge in [-0.25, -0.2) is 12.8 Å². The van der Waals surface area contributed by atoms with Crippen molar-refractivity contribution in [1.29, 1.82) is 0 Å². The second kappa shape index (κ2) is 6.19. The zero-order chi connectivity index (χ0) is 15.6. The molecular formula is C12H15BrFNO4S. The van der Waals surface area contributed by atoms with E-state index in [1.807, 2.05) is 0 Å². The van der Waals surface area contributed by atoms with E-state index in [1.54, 1.807) is 13.8 Å². The van der Waals surface area contributed by atoms with Gasteiger partial charge in [-0.2, -0.15) is 4.72 Å². The van der Waals surface area contributed by atoms with E-state index in [0.29, 0.717) is 0 Å². The molecule has 0 aromatic heterocycles. The summed E-state index contributed by atoms with van der Waals surface area (Å²) in [5.74, 6) is -1.84. The molecule has 1 aromatic carbocycles. The van der Waals surface area contributed by atoms with Gasteiger partial charge in [-0.1, -0.05) is 13.8 Å². The SMILES string of the molecule is CCC(CC)(NS(=O)(=O)c1ccc(F)cc1Br)C(=O)O. The molecule has 1 aromatic rings. The van der Waals surface area contributed by atoms with Crippen molar-refractivity contribution >= 4 is 31.9 Å². The molecule has 0 radical (unpaired) electrons. The Bertz CT molecular complexity index is 614. The molecule has 0 bridgehead atoms. The molecule has 20 heavy (non-hydrogen) atoms. The third-order valence-corrected chi connectivity index (χ3v) is 5.64. The number of sulfonamides is 1. The summed E-state index contributed by atoms with van der Waals surface area (Å²) in [7, 11) is -4.08. The lowest BCUT2D eigenvalue weighted by Gasteiger charge is -2.27. The fourth-order valence-corrected chi connectivity index (χ4v) is 4.30. The van der Waals surface area contributed by atoms with Crippen LogP contribution in [0.1, 0.15) is 26.7 Å². The minimum atomic E-state index is -4.08. The van der Waals surface area contributed by atoms with Crippen LogP contribution in [0, 0.1) is 5.82 Å². The number of carboxylic acids is 1. The number of halogens is 2. The summed E-state index contributed by atoms with van der Waals surface area (Å²) in [5, 5.41) is 9.25. The van der Waals surface area contributed by atoms with Crippen LogP contribution in [0.5, 0.6) is 0 Å². The normalized spacial score (nSPS) is 12.4. The molecule has 0 fully saturated rings. The van der Waals surface area contributed by atoms with E-state index >= 15 is 0 Å². The molecule has 0 saturated carbocycles. The fourth-order valence-electron chi connectivity index (χ4n) is 1.75. The van der Waals surface area contributed by atoms with Crippen LogP contribution in [0.2, 0.25) is 0 Å². The Balaban J connectivity index is 3.27. The summed E-state index contributed by atoms with van der Waals surface area (Å²) >= 11 is 2.96. The Morgan fingerprint density at radius 1 is 1.40 bits per heavy atom. The van der Waals surface area contributed by atoms with Gasteiger partial charge in [0.2, 0.25) is 10.0 Å². The molecule has 112 valence electrons. The maximum atomic E-state index is 13.0. The summed E-state index contributed by atoms with van der Waals surface area (Å²) in [6.07, 6.45) is 0.188. The molecule has 0 aliphatic rings. The first-order chi connectivity index (χ1) is 9.18. The topological polar surface area (TPSA) is 83.5 Å². The smallest absolute Gasteiger partial charge is 0.324 e. The van der Waals surface area contributed by atoms with Crippen molar-refractivity contribution in [3.05, 3.63) is 28.5 Å². The first-order valence-electron chi connectivity index (χ1n) is 5.91. The van der Waals surface area contributed by atoms with E-state index in [0.717, 1.165) is 18.2 Å². The van der Waals surface area contributed by atoms with Crippen molar-refractivity contribution in [2.75, 3.05) is 0 Å². The van der Waals surface area contributed by atoms with E-state index in [4.69, 9.17) is 0 Å². The molecule has 0 spiro atoms. The van der Waals surface area contributed by atoms with Crippen molar-refractivity contribution < 1.29 is 22.7 Å². The molecule has 0 amide bonds. The summed E-state index contributed by atoms with van der Waals surface area (Å²) in [4.78, 5) is 11.1. The number of hydrogen-bond acceptors (Lipinski definition) is 3. The third-order valence-electron chi connectivity index (χ3n) is 3.13. The first kappa shape index (κ1) is 17.1. The average molecular weight is 368 g/mol. The Hall–Kier alpha value is -0.990. The molecule has 8 heteroatoms. The second-order valence-corrected chi connectivity index (χ2v) is 6.78. The molecular weight excluding hydrogens is 353 g/mol. The van der Waals surface area contributed by atoms with E-state index in [2.05, 4.69) is 20.7 Å². The van der Waals surface area contributed by atoms with E-state index in [1.165, 1.54) is 0 Å². The largest absolute Gasteiger partial charge is 0.480 e. The van der Waals surface area contributed by atoms with Crippen molar-refractivity contribution in [2.45, 2.75) is 37.1 Å².